The molecule has 0 aromatic heterocycles. The van der Waals surface area contributed by atoms with Gasteiger partial charge in [0.2, 0.25) is 0 Å². The normalized spacial score (nSPS) is 12.0. The van der Waals surface area contributed by atoms with Crippen molar-refractivity contribution in [2.45, 2.75) is 18.6 Å². The Morgan fingerprint density at radius 2 is 1.93 bits per heavy atom. The minimum atomic E-state index is -0.975. The van der Waals surface area contributed by atoms with Crippen LogP contribution in [0, 0.1) is 0 Å². The van der Waals surface area contributed by atoms with Gasteiger partial charge in [-0.05, 0) is 12.5 Å². The zero-order valence-electron chi connectivity index (χ0n) is 9.36. The quantitative estimate of drug-likeness (QED) is 0.382. The van der Waals surface area contributed by atoms with Crippen molar-refractivity contribution in [1.82, 2.24) is 0 Å². The molecular weight excluding hydrogens is 200 g/mol. The van der Waals surface area contributed by atoms with Crippen molar-refractivity contribution in [3.05, 3.63) is 12.2 Å². The van der Waals surface area contributed by atoms with Gasteiger partial charge >= 0.3 is 5.97 Å². The fraction of sp³-hybridized carbons (Fsp3) is 0.700. The number of hydrogen-bond acceptors (Lipinski definition) is 5. The van der Waals surface area contributed by atoms with Crippen LogP contribution in [0.3, 0.4) is 0 Å². The molecule has 0 saturated heterocycles. The van der Waals surface area contributed by atoms with Crippen molar-refractivity contribution < 1.29 is 24.1 Å². The van der Waals surface area contributed by atoms with Gasteiger partial charge < -0.3 is 19.3 Å². The van der Waals surface area contributed by atoms with Crippen LogP contribution in [0.25, 0.3) is 0 Å². The second kappa shape index (κ2) is 7.39. The fourth-order valence-corrected chi connectivity index (χ4v) is 1.10. The van der Waals surface area contributed by atoms with Gasteiger partial charge in [0.05, 0.1) is 7.11 Å². The molecular formula is C10H18O5. The summed E-state index contributed by atoms with van der Waals surface area (Å²) in [5.41, 5.74) is 0. The number of carbonyl (C=O) groups excluding carboxylic acids is 1. The first-order valence-electron chi connectivity index (χ1n) is 4.62. The lowest BCUT2D eigenvalue weighted by molar-refractivity contribution is -0.176. The van der Waals surface area contributed by atoms with Crippen LogP contribution in [0.1, 0.15) is 12.8 Å². The number of methoxy groups -OCH3 is 3. The molecule has 0 saturated carbocycles. The SMILES string of the molecule is COC(=O)/C=C/C(CCCO)(OC)OC. The first-order chi connectivity index (χ1) is 7.14. The van der Waals surface area contributed by atoms with Gasteiger partial charge in [-0.25, -0.2) is 4.79 Å². The highest BCUT2D eigenvalue weighted by Gasteiger charge is 2.25. The molecule has 0 rings (SSSR count). The van der Waals surface area contributed by atoms with E-state index >= 15 is 0 Å². The summed E-state index contributed by atoms with van der Waals surface area (Å²) in [5, 5.41) is 8.72. The van der Waals surface area contributed by atoms with Gasteiger partial charge in [0, 0.05) is 33.3 Å². The maximum Gasteiger partial charge on any atom is 0.330 e. The number of hydrogen-bond donors (Lipinski definition) is 1. The van der Waals surface area contributed by atoms with E-state index in [0.717, 1.165) is 0 Å². The molecule has 0 aliphatic carbocycles. The Morgan fingerprint density at radius 3 is 2.33 bits per heavy atom. The maximum atomic E-state index is 10.9. The van der Waals surface area contributed by atoms with Crippen LogP contribution >= 0.6 is 0 Å². The fourth-order valence-electron chi connectivity index (χ4n) is 1.10. The Balaban J connectivity index is 4.47. The third-order valence-corrected chi connectivity index (χ3v) is 2.05. The number of aliphatic hydroxyl groups is 1. The first-order valence-corrected chi connectivity index (χ1v) is 4.62. The molecule has 0 radical (unpaired) electrons. The predicted octanol–water partition coefficient (Wildman–Crippen LogP) is 0.477. The average Bonchev–Trinajstić information content (AvgIpc) is 2.30. The van der Waals surface area contributed by atoms with Crippen molar-refractivity contribution >= 4 is 5.97 Å². The van der Waals surface area contributed by atoms with Crippen LogP contribution in [0.4, 0.5) is 0 Å². The van der Waals surface area contributed by atoms with Crippen LogP contribution < -0.4 is 0 Å². The molecule has 0 fully saturated rings. The third-order valence-electron chi connectivity index (χ3n) is 2.05. The average molecular weight is 218 g/mol. The summed E-state index contributed by atoms with van der Waals surface area (Å²) in [7, 11) is 4.24. The molecule has 0 amide bonds. The van der Waals surface area contributed by atoms with E-state index < -0.39 is 11.8 Å². The first kappa shape index (κ1) is 14.1. The molecule has 0 aliphatic rings. The lowest BCUT2D eigenvalue weighted by atomic mass is 10.1. The Labute approximate surface area is 89.6 Å². The van der Waals surface area contributed by atoms with E-state index in [4.69, 9.17) is 14.6 Å². The van der Waals surface area contributed by atoms with Crippen molar-refractivity contribution in [1.29, 1.82) is 0 Å². The van der Waals surface area contributed by atoms with E-state index in [0.29, 0.717) is 12.8 Å². The van der Waals surface area contributed by atoms with E-state index in [1.165, 1.54) is 33.5 Å². The van der Waals surface area contributed by atoms with E-state index in [-0.39, 0.29) is 6.61 Å². The van der Waals surface area contributed by atoms with Crippen LogP contribution in [-0.4, -0.2) is 44.8 Å². The second-order valence-electron chi connectivity index (χ2n) is 2.90. The molecule has 0 bridgehead atoms. The van der Waals surface area contributed by atoms with Crippen LogP contribution in [-0.2, 0) is 19.0 Å². The highest BCUT2D eigenvalue weighted by atomic mass is 16.7. The summed E-state index contributed by atoms with van der Waals surface area (Å²) in [6.07, 6.45) is 3.70. The van der Waals surface area contributed by atoms with Gasteiger partial charge in [0.25, 0.3) is 0 Å². The Hall–Kier alpha value is -0.910. The highest BCUT2D eigenvalue weighted by molar-refractivity contribution is 5.81. The van der Waals surface area contributed by atoms with Gasteiger partial charge in [0.15, 0.2) is 5.79 Å². The Morgan fingerprint density at radius 1 is 1.33 bits per heavy atom. The summed E-state index contributed by atoms with van der Waals surface area (Å²) in [6, 6.07) is 0. The zero-order chi connectivity index (χ0) is 11.7. The van der Waals surface area contributed by atoms with E-state index in [1.807, 2.05) is 0 Å². The largest absolute Gasteiger partial charge is 0.466 e. The van der Waals surface area contributed by atoms with Gasteiger partial charge in [-0.1, -0.05) is 0 Å². The predicted molar refractivity (Wildman–Crippen MR) is 54.2 cm³/mol. The lowest BCUT2D eigenvalue weighted by Crippen LogP contribution is -2.31. The molecule has 0 aromatic rings. The standard InChI is InChI=1S/C10H18O5/c1-13-9(12)5-7-10(14-2,15-3)6-4-8-11/h5,7,11H,4,6,8H2,1-3H3/b7-5+. The minimum absolute atomic E-state index is 0.0422. The minimum Gasteiger partial charge on any atom is -0.466 e. The number of rotatable bonds is 7. The molecule has 0 aromatic carbocycles. The molecule has 88 valence electrons. The number of aliphatic hydroxyl groups excluding tert-OH is 1. The number of carbonyl (C=O) groups is 1. The van der Waals surface area contributed by atoms with Crippen LogP contribution in [0.15, 0.2) is 12.2 Å². The Kier molecular flexibility index (Phi) is 6.94. The monoisotopic (exact) mass is 218 g/mol. The molecule has 0 heterocycles. The van der Waals surface area contributed by atoms with Gasteiger partial charge in [-0.15, -0.1) is 0 Å². The second-order valence-corrected chi connectivity index (χ2v) is 2.90. The molecule has 0 spiro atoms. The zero-order valence-corrected chi connectivity index (χ0v) is 9.36. The van der Waals surface area contributed by atoms with Crippen molar-refractivity contribution in [3.63, 3.8) is 0 Å². The molecule has 0 atom stereocenters. The van der Waals surface area contributed by atoms with Crippen LogP contribution in [0.2, 0.25) is 0 Å². The van der Waals surface area contributed by atoms with E-state index in [1.54, 1.807) is 0 Å². The van der Waals surface area contributed by atoms with Gasteiger partial charge in [-0.3, -0.25) is 0 Å². The summed E-state index contributed by atoms with van der Waals surface area (Å²) in [6.45, 7) is 0.0422. The smallest absolute Gasteiger partial charge is 0.330 e. The molecule has 5 heteroatoms. The number of ether oxygens (including phenoxy) is 3. The van der Waals surface area contributed by atoms with Crippen molar-refractivity contribution in [2.24, 2.45) is 0 Å². The lowest BCUT2D eigenvalue weighted by Gasteiger charge is -2.27. The third kappa shape index (κ3) is 4.92. The number of esters is 1. The molecule has 1 N–H and O–H groups in total. The maximum absolute atomic E-state index is 10.9. The topological polar surface area (TPSA) is 65.0 Å². The molecule has 15 heavy (non-hydrogen) atoms. The molecule has 0 unspecified atom stereocenters. The van der Waals surface area contributed by atoms with Crippen molar-refractivity contribution in [3.8, 4) is 0 Å². The van der Waals surface area contributed by atoms with Crippen molar-refractivity contribution in [2.75, 3.05) is 27.9 Å². The summed E-state index contributed by atoms with van der Waals surface area (Å²) < 4.78 is 14.8. The Bertz CT molecular complexity index is 208. The summed E-state index contributed by atoms with van der Waals surface area (Å²) in [5.74, 6) is -1.45. The van der Waals surface area contributed by atoms with Gasteiger partial charge in [-0.2, -0.15) is 0 Å². The summed E-state index contributed by atoms with van der Waals surface area (Å²) in [4.78, 5) is 10.9. The van der Waals surface area contributed by atoms with Gasteiger partial charge in [0.1, 0.15) is 0 Å². The summed E-state index contributed by atoms with van der Waals surface area (Å²) >= 11 is 0. The van der Waals surface area contributed by atoms with E-state index in [9.17, 15) is 4.79 Å². The molecule has 5 nitrogen and oxygen atoms in total. The molecule has 0 aliphatic heterocycles. The van der Waals surface area contributed by atoms with E-state index in [2.05, 4.69) is 4.74 Å². The van der Waals surface area contributed by atoms with Crippen LogP contribution in [0.5, 0.6) is 0 Å². The highest BCUT2D eigenvalue weighted by Crippen LogP contribution is 2.20.